The monoisotopic (exact) mass is 413 g/mol. The number of pyridine rings is 1. The van der Waals surface area contributed by atoms with Crippen LogP contribution in [0.15, 0.2) is 73.1 Å². The summed E-state index contributed by atoms with van der Waals surface area (Å²) in [5, 5.41) is 15.6. The Morgan fingerprint density at radius 3 is 2.58 bits per heavy atom. The van der Waals surface area contributed by atoms with Crippen molar-refractivity contribution < 1.29 is 14.7 Å². The Labute approximate surface area is 177 Å². The van der Waals surface area contributed by atoms with E-state index in [-0.39, 0.29) is 5.75 Å². The van der Waals surface area contributed by atoms with Crippen molar-refractivity contribution >= 4 is 46.0 Å². The SMILES string of the molecule is NC(=O)C(=Cc1c[nH]c2nccc(NC(=O)Nc3cccc(O)c3)c12)c1ccccc1. The van der Waals surface area contributed by atoms with Crippen LogP contribution >= 0.6 is 0 Å². The molecule has 2 aromatic heterocycles. The Morgan fingerprint density at radius 1 is 1.03 bits per heavy atom. The fraction of sp³-hybridized carbons (Fsp3) is 0. The van der Waals surface area contributed by atoms with E-state index in [2.05, 4.69) is 20.6 Å². The van der Waals surface area contributed by atoms with E-state index in [4.69, 9.17) is 5.73 Å². The number of fused-ring (bicyclic) bond motifs is 1. The van der Waals surface area contributed by atoms with E-state index in [0.29, 0.717) is 39.1 Å². The third-order valence-electron chi connectivity index (χ3n) is 4.61. The quantitative estimate of drug-likeness (QED) is 0.317. The lowest BCUT2D eigenvalue weighted by Crippen LogP contribution is -2.19. The number of hydrogen-bond acceptors (Lipinski definition) is 4. The predicted molar refractivity (Wildman–Crippen MR) is 120 cm³/mol. The van der Waals surface area contributed by atoms with Crippen molar-refractivity contribution in [2.75, 3.05) is 10.6 Å². The van der Waals surface area contributed by atoms with Gasteiger partial charge in [-0.3, -0.25) is 4.79 Å². The molecule has 2 aromatic carbocycles. The van der Waals surface area contributed by atoms with Crippen LogP contribution in [0.25, 0.3) is 22.7 Å². The van der Waals surface area contributed by atoms with Gasteiger partial charge in [-0.25, -0.2) is 9.78 Å². The topological polar surface area (TPSA) is 133 Å². The number of rotatable bonds is 5. The number of aromatic amines is 1. The summed E-state index contributed by atoms with van der Waals surface area (Å²) in [7, 11) is 0. The molecule has 0 bridgehead atoms. The first-order chi connectivity index (χ1) is 15.0. The lowest BCUT2D eigenvalue weighted by atomic mass is 10.0. The normalized spacial score (nSPS) is 11.3. The molecule has 0 saturated carbocycles. The van der Waals surface area contributed by atoms with E-state index < -0.39 is 11.9 Å². The summed E-state index contributed by atoms with van der Waals surface area (Å²) in [4.78, 5) is 31.9. The van der Waals surface area contributed by atoms with Gasteiger partial charge in [0.1, 0.15) is 11.4 Å². The molecule has 0 atom stereocenters. The third kappa shape index (κ3) is 4.38. The van der Waals surface area contributed by atoms with Gasteiger partial charge in [0.05, 0.1) is 5.69 Å². The highest BCUT2D eigenvalue weighted by Crippen LogP contribution is 2.29. The molecule has 0 aliphatic heterocycles. The maximum Gasteiger partial charge on any atom is 0.323 e. The van der Waals surface area contributed by atoms with Crippen LogP contribution in [0.4, 0.5) is 16.2 Å². The number of phenols is 1. The molecule has 0 radical (unpaired) electrons. The van der Waals surface area contributed by atoms with Gasteiger partial charge >= 0.3 is 6.03 Å². The number of nitrogens with one attached hydrogen (secondary N) is 3. The number of amides is 3. The van der Waals surface area contributed by atoms with Crippen LogP contribution in [0.3, 0.4) is 0 Å². The molecule has 3 amide bonds. The van der Waals surface area contributed by atoms with Crippen molar-refractivity contribution in [3.8, 4) is 5.75 Å². The fourth-order valence-electron chi connectivity index (χ4n) is 3.24. The fourth-order valence-corrected chi connectivity index (χ4v) is 3.24. The minimum Gasteiger partial charge on any atom is -0.508 e. The van der Waals surface area contributed by atoms with Gasteiger partial charge < -0.3 is 26.5 Å². The first-order valence-electron chi connectivity index (χ1n) is 9.41. The average molecular weight is 413 g/mol. The van der Waals surface area contributed by atoms with Gasteiger partial charge in [0.15, 0.2) is 0 Å². The lowest BCUT2D eigenvalue weighted by molar-refractivity contribution is -0.112. The van der Waals surface area contributed by atoms with Crippen LogP contribution in [-0.2, 0) is 4.79 Å². The number of nitrogens with two attached hydrogens (primary N) is 1. The summed E-state index contributed by atoms with van der Waals surface area (Å²) in [6.45, 7) is 0. The highest BCUT2D eigenvalue weighted by molar-refractivity contribution is 6.24. The molecule has 0 aliphatic rings. The van der Waals surface area contributed by atoms with Gasteiger partial charge in [-0.1, -0.05) is 36.4 Å². The van der Waals surface area contributed by atoms with Gasteiger partial charge in [0.2, 0.25) is 5.91 Å². The zero-order chi connectivity index (χ0) is 21.8. The Morgan fingerprint density at radius 2 is 1.84 bits per heavy atom. The Bertz CT molecular complexity index is 1300. The van der Waals surface area contributed by atoms with Gasteiger partial charge in [0.25, 0.3) is 0 Å². The lowest BCUT2D eigenvalue weighted by Gasteiger charge is -2.10. The van der Waals surface area contributed by atoms with Crippen molar-refractivity contribution in [1.29, 1.82) is 0 Å². The number of carbonyl (C=O) groups is 2. The molecule has 6 N–H and O–H groups in total. The van der Waals surface area contributed by atoms with E-state index in [9.17, 15) is 14.7 Å². The zero-order valence-corrected chi connectivity index (χ0v) is 16.3. The van der Waals surface area contributed by atoms with Crippen molar-refractivity contribution in [2.24, 2.45) is 5.73 Å². The second-order valence-corrected chi connectivity index (χ2v) is 6.74. The molecule has 154 valence electrons. The highest BCUT2D eigenvalue weighted by atomic mass is 16.3. The van der Waals surface area contributed by atoms with E-state index >= 15 is 0 Å². The van der Waals surface area contributed by atoms with E-state index in [0.717, 1.165) is 0 Å². The molecular formula is C23H19N5O3. The molecule has 0 spiro atoms. The summed E-state index contributed by atoms with van der Waals surface area (Å²) in [5.41, 5.74) is 8.75. The number of aromatic hydroxyl groups is 1. The summed E-state index contributed by atoms with van der Waals surface area (Å²) in [6, 6.07) is 16.5. The number of H-pyrrole nitrogens is 1. The van der Waals surface area contributed by atoms with Gasteiger partial charge in [-0.2, -0.15) is 0 Å². The molecule has 0 unspecified atom stereocenters. The summed E-state index contributed by atoms with van der Waals surface area (Å²) < 4.78 is 0. The van der Waals surface area contributed by atoms with Crippen molar-refractivity contribution in [3.05, 3.63) is 84.2 Å². The minimum atomic E-state index is -0.569. The van der Waals surface area contributed by atoms with E-state index in [1.165, 1.54) is 12.1 Å². The van der Waals surface area contributed by atoms with Crippen LogP contribution in [0.5, 0.6) is 5.75 Å². The average Bonchev–Trinajstić information content (AvgIpc) is 3.16. The number of urea groups is 1. The molecule has 31 heavy (non-hydrogen) atoms. The molecule has 0 aliphatic carbocycles. The zero-order valence-electron chi connectivity index (χ0n) is 16.3. The predicted octanol–water partition coefficient (Wildman–Crippen LogP) is 3.94. The number of anilines is 2. The molecule has 8 nitrogen and oxygen atoms in total. The first kappa shape index (κ1) is 19.7. The number of primary amides is 1. The number of nitrogens with zero attached hydrogens (tertiary/aromatic N) is 1. The van der Waals surface area contributed by atoms with Crippen LogP contribution in [0.2, 0.25) is 0 Å². The Balaban J connectivity index is 1.69. The molecule has 4 rings (SSSR count). The number of carbonyl (C=O) groups excluding carboxylic acids is 2. The van der Waals surface area contributed by atoms with Crippen LogP contribution in [0, 0.1) is 0 Å². The molecule has 8 heteroatoms. The van der Waals surface area contributed by atoms with Gasteiger partial charge in [-0.15, -0.1) is 0 Å². The van der Waals surface area contributed by atoms with Crippen LogP contribution < -0.4 is 16.4 Å². The van der Waals surface area contributed by atoms with Gasteiger partial charge in [-0.05, 0) is 29.8 Å². The number of aromatic nitrogens is 2. The van der Waals surface area contributed by atoms with Crippen molar-refractivity contribution in [1.82, 2.24) is 9.97 Å². The summed E-state index contributed by atoms with van der Waals surface area (Å²) in [5.74, 6) is -0.525. The Kier molecular flexibility index (Phi) is 5.35. The maximum absolute atomic E-state index is 12.5. The molecular weight excluding hydrogens is 394 g/mol. The largest absolute Gasteiger partial charge is 0.508 e. The third-order valence-corrected chi connectivity index (χ3v) is 4.61. The van der Waals surface area contributed by atoms with E-state index in [1.807, 2.05) is 18.2 Å². The number of hydrogen-bond donors (Lipinski definition) is 5. The molecule has 0 fully saturated rings. The molecule has 2 heterocycles. The van der Waals surface area contributed by atoms with E-state index in [1.54, 1.807) is 48.8 Å². The molecule has 4 aromatic rings. The van der Waals surface area contributed by atoms with Gasteiger partial charge in [0, 0.05) is 40.7 Å². The minimum absolute atomic E-state index is 0.0436. The maximum atomic E-state index is 12.5. The van der Waals surface area contributed by atoms with Crippen molar-refractivity contribution in [3.63, 3.8) is 0 Å². The van der Waals surface area contributed by atoms with Crippen LogP contribution in [-0.4, -0.2) is 27.0 Å². The first-order valence-corrected chi connectivity index (χ1v) is 9.41. The summed E-state index contributed by atoms with van der Waals surface area (Å²) >= 11 is 0. The van der Waals surface area contributed by atoms with Crippen LogP contribution in [0.1, 0.15) is 11.1 Å². The second-order valence-electron chi connectivity index (χ2n) is 6.74. The van der Waals surface area contributed by atoms with Crippen molar-refractivity contribution in [2.45, 2.75) is 0 Å². The molecule has 0 saturated heterocycles. The standard InChI is InChI=1S/C23H19N5O3/c24-21(30)18(14-5-2-1-3-6-14)11-15-13-26-22-20(15)19(9-10-25-22)28-23(31)27-16-7-4-8-17(29)12-16/h1-13,29H,(H2,24,30)(H3,25,26,27,28,31). The second kappa shape index (κ2) is 8.42. The summed E-state index contributed by atoms with van der Waals surface area (Å²) in [6.07, 6.45) is 4.92. The Hall–Kier alpha value is -4.59. The smallest absolute Gasteiger partial charge is 0.323 e. The number of benzene rings is 2. The highest BCUT2D eigenvalue weighted by Gasteiger charge is 2.14. The number of phenolic OH excluding ortho intramolecular Hbond substituents is 1.